The summed E-state index contributed by atoms with van der Waals surface area (Å²) in [6.45, 7) is 1.92. The smallest absolute Gasteiger partial charge is 0.123 e. The first-order valence-electron chi connectivity index (χ1n) is 5.56. The minimum Gasteiger partial charge on any atom is -0.488 e. The molecule has 1 unspecified atom stereocenters. The van der Waals surface area contributed by atoms with Crippen molar-refractivity contribution in [3.63, 3.8) is 0 Å². The van der Waals surface area contributed by atoms with Crippen LogP contribution in [0.5, 0.6) is 5.75 Å². The highest BCUT2D eigenvalue weighted by atomic mass is 79.9. The average Bonchev–Trinajstić information content (AvgIpc) is 2.66. The van der Waals surface area contributed by atoms with Gasteiger partial charge >= 0.3 is 0 Å². The van der Waals surface area contributed by atoms with E-state index in [0.29, 0.717) is 0 Å². The molecule has 0 radical (unpaired) electrons. The predicted molar refractivity (Wildman–Crippen MR) is 66.8 cm³/mol. The molecule has 1 aromatic carbocycles. The van der Waals surface area contributed by atoms with Crippen molar-refractivity contribution < 1.29 is 9.84 Å². The predicted octanol–water partition coefficient (Wildman–Crippen LogP) is 1.72. The number of ether oxygens (including phenoxy) is 1. The van der Waals surface area contributed by atoms with Crippen molar-refractivity contribution >= 4 is 15.9 Å². The van der Waals surface area contributed by atoms with Crippen molar-refractivity contribution in [2.45, 2.75) is 18.9 Å². The van der Waals surface area contributed by atoms with E-state index in [-0.39, 0.29) is 12.7 Å². The highest BCUT2D eigenvalue weighted by Crippen LogP contribution is 2.30. The van der Waals surface area contributed by atoms with E-state index in [1.165, 1.54) is 5.56 Å². The number of hydrogen-bond acceptors (Lipinski definition) is 3. The van der Waals surface area contributed by atoms with Crippen LogP contribution in [-0.4, -0.2) is 30.9 Å². The Kier molecular flexibility index (Phi) is 4.21. The zero-order valence-electron chi connectivity index (χ0n) is 9.08. The number of fused-ring (bicyclic) bond motifs is 1. The van der Waals surface area contributed by atoms with Gasteiger partial charge in [-0.15, -0.1) is 0 Å². The quantitative estimate of drug-likeness (QED) is 0.810. The molecular weight excluding hydrogens is 270 g/mol. The third kappa shape index (κ3) is 2.97. The highest BCUT2D eigenvalue weighted by molar-refractivity contribution is 9.10. The normalized spacial score (nSPS) is 18.2. The molecule has 1 aliphatic heterocycles. The summed E-state index contributed by atoms with van der Waals surface area (Å²) < 4.78 is 6.90. The van der Waals surface area contributed by atoms with E-state index in [0.717, 1.165) is 36.2 Å². The molecule has 1 aliphatic rings. The second-order valence-electron chi connectivity index (χ2n) is 3.98. The number of aliphatic hydroxyl groups excluding tert-OH is 1. The van der Waals surface area contributed by atoms with Gasteiger partial charge in [-0.25, -0.2) is 0 Å². The summed E-state index contributed by atoms with van der Waals surface area (Å²) >= 11 is 3.46. The summed E-state index contributed by atoms with van der Waals surface area (Å²) in [5, 5.41) is 11.9. The van der Waals surface area contributed by atoms with E-state index in [1.54, 1.807) is 0 Å². The largest absolute Gasteiger partial charge is 0.488 e. The Morgan fingerprint density at radius 2 is 2.38 bits per heavy atom. The first kappa shape index (κ1) is 11.9. The molecule has 1 heterocycles. The van der Waals surface area contributed by atoms with Gasteiger partial charge in [0.2, 0.25) is 0 Å². The van der Waals surface area contributed by atoms with Crippen molar-refractivity contribution in [1.29, 1.82) is 0 Å². The molecule has 0 spiro atoms. The lowest BCUT2D eigenvalue weighted by Crippen LogP contribution is -2.30. The second-order valence-corrected chi connectivity index (χ2v) is 4.89. The lowest BCUT2D eigenvalue weighted by Gasteiger charge is -2.11. The van der Waals surface area contributed by atoms with Crippen LogP contribution in [0.25, 0.3) is 0 Å². The number of halogens is 1. The molecule has 2 rings (SSSR count). The molecule has 2 N–H and O–H groups in total. The topological polar surface area (TPSA) is 41.5 Å². The Labute approximate surface area is 104 Å². The Hall–Kier alpha value is -0.580. The van der Waals surface area contributed by atoms with Crippen molar-refractivity contribution in [3.05, 3.63) is 28.2 Å². The summed E-state index contributed by atoms with van der Waals surface area (Å²) in [7, 11) is 0. The molecular formula is C12H16BrNO2. The highest BCUT2D eigenvalue weighted by Gasteiger charge is 2.22. The van der Waals surface area contributed by atoms with Crippen LogP contribution in [0.3, 0.4) is 0 Å². The van der Waals surface area contributed by atoms with Gasteiger partial charge in [0.1, 0.15) is 11.9 Å². The van der Waals surface area contributed by atoms with Crippen LogP contribution in [-0.2, 0) is 6.42 Å². The fourth-order valence-electron chi connectivity index (χ4n) is 1.87. The number of rotatable bonds is 5. The molecule has 1 aromatic rings. The summed E-state index contributed by atoms with van der Waals surface area (Å²) in [5.41, 5.74) is 1.27. The molecule has 0 bridgehead atoms. The van der Waals surface area contributed by atoms with Crippen LogP contribution in [0.4, 0.5) is 0 Å². The second kappa shape index (κ2) is 5.66. The van der Waals surface area contributed by atoms with Gasteiger partial charge in [-0.2, -0.15) is 0 Å². The number of benzene rings is 1. The van der Waals surface area contributed by atoms with Crippen LogP contribution in [0.15, 0.2) is 22.7 Å². The Bertz CT molecular complexity index is 357. The average molecular weight is 286 g/mol. The van der Waals surface area contributed by atoms with Crippen LogP contribution in [0.2, 0.25) is 0 Å². The summed E-state index contributed by atoms with van der Waals surface area (Å²) in [5.74, 6) is 0.997. The van der Waals surface area contributed by atoms with Gasteiger partial charge in [0.15, 0.2) is 0 Å². The monoisotopic (exact) mass is 285 g/mol. The van der Waals surface area contributed by atoms with Gasteiger partial charge in [0.05, 0.1) is 0 Å². The molecule has 3 nitrogen and oxygen atoms in total. The number of aliphatic hydroxyl groups is 1. The Morgan fingerprint density at radius 1 is 1.50 bits per heavy atom. The third-order valence-electron chi connectivity index (χ3n) is 2.65. The van der Waals surface area contributed by atoms with Crippen molar-refractivity contribution in [2.75, 3.05) is 19.7 Å². The van der Waals surface area contributed by atoms with Gasteiger partial charge in [-0.3, -0.25) is 0 Å². The fraction of sp³-hybridized carbons (Fsp3) is 0.500. The zero-order valence-corrected chi connectivity index (χ0v) is 10.7. The Balaban J connectivity index is 1.81. The van der Waals surface area contributed by atoms with Crippen LogP contribution in [0, 0.1) is 0 Å². The van der Waals surface area contributed by atoms with E-state index in [4.69, 9.17) is 9.84 Å². The molecule has 0 fully saturated rings. The van der Waals surface area contributed by atoms with Gasteiger partial charge in [-0.1, -0.05) is 15.9 Å². The van der Waals surface area contributed by atoms with Gasteiger partial charge in [0.25, 0.3) is 0 Å². The zero-order chi connectivity index (χ0) is 11.4. The maximum atomic E-state index is 8.65. The molecule has 0 aliphatic carbocycles. The van der Waals surface area contributed by atoms with Crippen molar-refractivity contribution in [2.24, 2.45) is 0 Å². The maximum absolute atomic E-state index is 8.65. The summed E-state index contributed by atoms with van der Waals surface area (Å²) in [4.78, 5) is 0. The van der Waals surface area contributed by atoms with E-state index in [2.05, 4.69) is 27.3 Å². The van der Waals surface area contributed by atoms with Crippen LogP contribution >= 0.6 is 15.9 Å². The maximum Gasteiger partial charge on any atom is 0.123 e. The first-order chi connectivity index (χ1) is 7.79. The molecule has 0 saturated heterocycles. The summed E-state index contributed by atoms with van der Waals surface area (Å²) in [6.07, 6.45) is 1.98. The lowest BCUT2D eigenvalue weighted by atomic mass is 10.1. The van der Waals surface area contributed by atoms with Crippen LogP contribution in [0.1, 0.15) is 12.0 Å². The SMILES string of the molecule is OCCCNCC1Cc2cc(Br)ccc2O1. The standard InChI is InChI=1S/C12H16BrNO2/c13-10-2-3-12-9(6-10)7-11(16-12)8-14-4-1-5-15/h2-3,6,11,14-15H,1,4-5,7-8H2. The molecule has 0 amide bonds. The lowest BCUT2D eigenvalue weighted by molar-refractivity contribution is 0.224. The van der Waals surface area contributed by atoms with Crippen molar-refractivity contribution in [3.8, 4) is 5.75 Å². The molecule has 16 heavy (non-hydrogen) atoms. The number of nitrogens with one attached hydrogen (secondary N) is 1. The molecule has 4 heteroatoms. The fourth-order valence-corrected chi connectivity index (χ4v) is 2.28. The van der Waals surface area contributed by atoms with E-state index >= 15 is 0 Å². The minimum absolute atomic E-state index is 0.225. The van der Waals surface area contributed by atoms with Crippen molar-refractivity contribution in [1.82, 2.24) is 5.32 Å². The summed E-state index contributed by atoms with van der Waals surface area (Å²) in [6, 6.07) is 6.12. The minimum atomic E-state index is 0.225. The molecule has 88 valence electrons. The van der Waals surface area contributed by atoms with E-state index in [1.807, 2.05) is 12.1 Å². The van der Waals surface area contributed by atoms with E-state index < -0.39 is 0 Å². The van der Waals surface area contributed by atoms with Gasteiger partial charge in [0, 0.05) is 24.0 Å². The van der Waals surface area contributed by atoms with Gasteiger partial charge in [-0.05, 0) is 36.7 Å². The van der Waals surface area contributed by atoms with Crippen LogP contribution < -0.4 is 10.1 Å². The molecule has 0 aromatic heterocycles. The Morgan fingerprint density at radius 3 is 3.19 bits per heavy atom. The van der Waals surface area contributed by atoms with E-state index in [9.17, 15) is 0 Å². The molecule has 0 saturated carbocycles. The van der Waals surface area contributed by atoms with Gasteiger partial charge < -0.3 is 15.2 Å². The first-order valence-corrected chi connectivity index (χ1v) is 6.35. The number of hydrogen-bond donors (Lipinski definition) is 2. The third-order valence-corrected chi connectivity index (χ3v) is 3.14. The molecule has 1 atom stereocenters.